The van der Waals surface area contributed by atoms with E-state index in [0.29, 0.717) is 31.5 Å². The third kappa shape index (κ3) is 4.80. The van der Waals surface area contributed by atoms with E-state index in [1.807, 2.05) is 35.6 Å². The maximum absolute atomic E-state index is 12.6. The van der Waals surface area contributed by atoms with Gasteiger partial charge in [0.25, 0.3) is 5.91 Å². The van der Waals surface area contributed by atoms with E-state index >= 15 is 0 Å². The standard InChI is InChI=1S/C22H27N5O2/c1-3-5-14-26(16-28)22-19(4-2)25-20-10-9-17(15-27(20)22)21(29)24-13-11-18-8-6-7-12-23-18/h6-10,12,15-16H,3-5,11,13-14H2,1-2H3,(H,24,29). The quantitative estimate of drug-likeness (QED) is 0.537. The molecule has 0 spiro atoms. The Morgan fingerprint density at radius 3 is 2.79 bits per heavy atom. The summed E-state index contributed by atoms with van der Waals surface area (Å²) in [5, 5.41) is 2.93. The van der Waals surface area contributed by atoms with Crippen molar-refractivity contribution in [1.29, 1.82) is 0 Å². The molecule has 7 nitrogen and oxygen atoms in total. The number of fused-ring (bicyclic) bond motifs is 1. The summed E-state index contributed by atoms with van der Waals surface area (Å²) >= 11 is 0. The Morgan fingerprint density at radius 1 is 1.24 bits per heavy atom. The molecule has 0 unspecified atom stereocenters. The summed E-state index contributed by atoms with van der Waals surface area (Å²) in [7, 11) is 0. The molecule has 2 amide bonds. The van der Waals surface area contributed by atoms with E-state index in [4.69, 9.17) is 0 Å². The molecule has 0 bridgehead atoms. The lowest BCUT2D eigenvalue weighted by molar-refractivity contribution is -0.107. The van der Waals surface area contributed by atoms with Gasteiger partial charge in [-0.2, -0.15) is 0 Å². The van der Waals surface area contributed by atoms with Gasteiger partial charge in [0.1, 0.15) is 11.5 Å². The highest BCUT2D eigenvalue weighted by atomic mass is 16.1. The molecule has 29 heavy (non-hydrogen) atoms. The van der Waals surface area contributed by atoms with Gasteiger partial charge in [-0.25, -0.2) is 4.98 Å². The van der Waals surface area contributed by atoms with Gasteiger partial charge in [0.05, 0.1) is 11.3 Å². The third-order valence-corrected chi connectivity index (χ3v) is 4.80. The number of hydrogen-bond acceptors (Lipinski definition) is 4. The number of hydrogen-bond donors (Lipinski definition) is 1. The van der Waals surface area contributed by atoms with Crippen molar-refractivity contribution >= 4 is 23.8 Å². The molecular weight excluding hydrogens is 366 g/mol. The summed E-state index contributed by atoms with van der Waals surface area (Å²) in [5.41, 5.74) is 3.04. The minimum atomic E-state index is -0.160. The topological polar surface area (TPSA) is 79.6 Å². The highest BCUT2D eigenvalue weighted by molar-refractivity contribution is 5.94. The van der Waals surface area contributed by atoms with Gasteiger partial charge >= 0.3 is 0 Å². The fraction of sp³-hybridized carbons (Fsp3) is 0.364. The molecule has 7 heteroatoms. The Hall–Kier alpha value is -3.22. The molecule has 1 N–H and O–H groups in total. The second-order valence-corrected chi connectivity index (χ2v) is 6.86. The number of pyridine rings is 2. The molecule has 0 aliphatic carbocycles. The first-order valence-corrected chi connectivity index (χ1v) is 10.1. The van der Waals surface area contributed by atoms with Crippen molar-refractivity contribution < 1.29 is 9.59 Å². The summed E-state index contributed by atoms with van der Waals surface area (Å²) in [6.45, 7) is 5.23. The van der Waals surface area contributed by atoms with E-state index in [-0.39, 0.29) is 5.91 Å². The smallest absolute Gasteiger partial charge is 0.252 e. The Bertz CT molecular complexity index is 968. The lowest BCUT2D eigenvalue weighted by Crippen LogP contribution is -2.27. The van der Waals surface area contributed by atoms with Gasteiger partial charge in [-0.15, -0.1) is 0 Å². The molecule has 0 aromatic carbocycles. The van der Waals surface area contributed by atoms with Gasteiger partial charge in [0.15, 0.2) is 0 Å². The summed E-state index contributed by atoms with van der Waals surface area (Å²) in [6.07, 6.45) is 7.62. The number of aryl methyl sites for hydroxylation is 1. The maximum atomic E-state index is 12.6. The fourth-order valence-corrected chi connectivity index (χ4v) is 3.25. The molecule has 0 fully saturated rings. The van der Waals surface area contributed by atoms with Gasteiger partial charge in [0, 0.05) is 37.6 Å². The number of carbonyl (C=O) groups excluding carboxylic acids is 2. The Labute approximate surface area is 170 Å². The molecular formula is C22H27N5O2. The zero-order valence-electron chi connectivity index (χ0n) is 17.0. The first kappa shape index (κ1) is 20.5. The van der Waals surface area contributed by atoms with Crippen LogP contribution in [0.5, 0.6) is 0 Å². The number of amides is 2. The zero-order valence-corrected chi connectivity index (χ0v) is 17.0. The van der Waals surface area contributed by atoms with Crippen molar-refractivity contribution in [3.8, 4) is 0 Å². The molecule has 3 rings (SSSR count). The van der Waals surface area contributed by atoms with Crippen molar-refractivity contribution in [2.75, 3.05) is 18.0 Å². The second-order valence-electron chi connectivity index (χ2n) is 6.86. The summed E-state index contributed by atoms with van der Waals surface area (Å²) in [6, 6.07) is 9.32. The van der Waals surface area contributed by atoms with E-state index in [9.17, 15) is 9.59 Å². The molecule has 0 aliphatic rings. The van der Waals surface area contributed by atoms with Crippen molar-refractivity contribution in [2.24, 2.45) is 0 Å². The number of unbranched alkanes of at least 4 members (excludes halogenated alkanes) is 1. The van der Waals surface area contributed by atoms with Gasteiger partial charge < -0.3 is 5.32 Å². The van der Waals surface area contributed by atoms with Crippen molar-refractivity contribution in [3.05, 3.63) is 59.7 Å². The first-order chi connectivity index (χ1) is 14.2. The lowest BCUT2D eigenvalue weighted by atomic mass is 10.2. The van der Waals surface area contributed by atoms with E-state index in [2.05, 4.69) is 22.2 Å². The summed E-state index contributed by atoms with van der Waals surface area (Å²) < 4.78 is 1.84. The van der Waals surface area contributed by atoms with Crippen LogP contribution in [0, 0.1) is 0 Å². The van der Waals surface area contributed by atoms with Crippen LogP contribution in [-0.2, 0) is 17.6 Å². The normalized spacial score (nSPS) is 10.8. The van der Waals surface area contributed by atoms with Crippen LogP contribution in [0.2, 0.25) is 0 Å². The minimum Gasteiger partial charge on any atom is -0.352 e. The lowest BCUT2D eigenvalue weighted by Gasteiger charge is -2.18. The highest BCUT2D eigenvalue weighted by Gasteiger charge is 2.18. The number of aromatic nitrogens is 3. The van der Waals surface area contributed by atoms with E-state index in [1.165, 1.54) is 0 Å². The number of rotatable bonds is 10. The Kier molecular flexibility index (Phi) is 6.94. The predicted octanol–water partition coefficient (Wildman–Crippen LogP) is 3.03. The van der Waals surface area contributed by atoms with Crippen LogP contribution in [-0.4, -0.2) is 39.8 Å². The van der Waals surface area contributed by atoms with E-state index < -0.39 is 0 Å². The minimum absolute atomic E-state index is 0.160. The van der Waals surface area contributed by atoms with Crippen LogP contribution in [0.15, 0.2) is 42.7 Å². The number of nitrogens with one attached hydrogen (secondary N) is 1. The van der Waals surface area contributed by atoms with Gasteiger partial charge in [-0.1, -0.05) is 26.3 Å². The maximum Gasteiger partial charge on any atom is 0.252 e. The van der Waals surface area contributed by atoms with Gasteiger partial charge in [-0.05, 0) is 37.1 Å². The molecule has 152 valence electrons. The first-order valence-electron chi connectivity index (χ1n) is 10.1. The Balaban J connectivity index is 1.81. The number of carbonyl (C=O) groups is 2. The second kappa shape index (κ2) is 9.82. The number of anilines is 1. The number of nitrogens with zero attached hydrogens (tertiary/aromatic N) is 4. The van der Waals surface area contributed by atoms with E-state index in [1.54, 1.807) is 23.4 Å². The molecule has 3 aromatic heterocycles. The predicted molar refractivity (Wildman–Crippen MR) is 113 cm³/mol. The molecule has 0 aliphatic heterocycles. The van der Waals surface area contributed by atoms with Crippen molar-refractivity contribution in [1.82, 2.24) is 19.7 Å². The van der Waals surface area contributed by atoms with Crippen LogP contribution < -0.4 is 10.2 Å². The number of imidazole rings is 1. The van der Waals surface area contributed by atoms with Crippen molar-refractivity contribution in [2.45, 2.75) is 39.5 Å². The Morgan fingerprint density at radius 2 is 2.10 bits per heavy atom. The third-order valence-electron chi connectivity index (χ3n) is 4.80. The SMILES string of the molecule is CCCCN(C=O)c1c(CC)nc2ccc(C(=O)NCCc3ccccn3)cn12. The molecule has 3 aromatic rings. The van der Waals surface area contributed by atoms with Crippen molar-refractivity contribution in [3.63, 3.8) is 0 Å². The van der Waals surface area contributed by atoms with E-state index in [0.717, 1.165) is 42.1 Å². The molecule has 0 atom stereocenters. The molecule has 0 saturated carbocycles. The van der Waals surface area contributed by atoms with Gasteiger partial charge in [-0.3, -0.25) is 23.9 Å². The molecule has 0 saturated heterocycles. The van der Waals surface area contributed by atoms with Crippen LogP contribution in [0.1, 0.15) is 48.4 Å². The molecule has 3 heterocycles. The summed E-state index contributed by atoms with van der Waals surface area (Å²) in [4.78, 5) is 34.9. The van der Waals surface area contributed by atoms with Crippen LogP contribution in [0.3, 0.4) is 0 Å². The zero-order chi connectivity index (χ0) is 20.6. The highest BCUT2D eigenvalue weighted by Crippen LogP contribution is 2.23. The fourth-order valence-electron chi connectivity index (χ4n) is 3.25. The summed E-state index contributed by atoms with van der Waals surface area (Å²) in [5.74, 6) is 0.584. The van der Waals surface area contributed by atoms with Crippen LogP contribution in [0.25, 0.3) is 5.65 Å². The average Bonchev–Trinajstić information content (AvgIpc) is 3.13. The van der Waals surface area contributed by atoms with Crippen LogP contribution in [0.4, 0.5) is 5.82 Å². The monoisotopic (exact) mass is 393 g/mol. The van der Waals surface area contributed by atoms with Gasteiger partial charge in [0.2, 0.25) is 6.41 Å². The van der Waals surface area contributed by atoms with Crippen LogP contribution >= 0.6 is 0 Å². The average molecular weight is 393 g/mol. The largest absolute Gasteiger partial charge is 0.352 e. The molecule has 0 radical (unpaired) electrons.